The molecule has 0 radical (unpaired) electrons. The topological polar surface area (TPSA) is 30.2 Å². The van der Waals surface area contributed by atoms with Crippen LogP contribution in [-0.2, 0) is 0 Å². The van der Waals surface area contributed by atoms with E-state index in [-0.39, 0.29) is 0 Å². The molecule has 3 rings (SSSR count). The van der Waals surface area contributed by atoms with E-state index < -0.39 is 0 Å². The van der Waals surface area contributed by atoms with Gasteiger partial charge in [0.15, 0.2) is 5.65 Å². The van der Waals surface area contributed by atoms with Crippen LogP contribution < -0.4 is 0 Å². The highest BCUT2D eigenvalue weighted by molar-refractivity contribution is 6.29. The lowest BCUT2D eigenvalue weighted by atomic mass is 10.1. The van der Waals surface area contributed by atoms with Crippen LogP contribution in [0, 0.1) is 13.8 Å². The Kier molecular flexibility index (Phi) is 2.56. The van der Waals surface area contributed by atoms with Crippen molar-refractivity contribution in [3.63, 3.8) is 0 Å². The number of benzene rings is 1. The quantitative estimate of drug-likeness (QED) is 0.623. The zero-order valence-electron chi connectivity index (χ0n) is 10.2. The summed E-state index contributed by atoms with van der Waals surface area (Å²) in [6, 6.07) is 10.1. The Morgan fingerprint density at radius 2 is 2.00 bits per heavy atom. The summed E-state index contributed by atoms with van der Waals surface area (Å²) in [4.78, 5) is 4.52. The van der Waals surface area contributed by atoms with Crippen LogP contribution in [0.5, 0.6) is 0 Å². The first-order chi connectivity index (χ1) is 8.65. The highest BCUT2D eigenvalue weighted by Crippen LogP contribution is 2.26. The minimum Gasteiger partial charge on any atom is -0.233 e. The van der Waals surface area contributed by atoms with Crippen molar-refractivity contribution >= 4 is 17.2 Å². The summed E-state index contributed by atoms with van der Waals surface area (Å²) in [5.41, 5.74) is 5.02. The van der Waals surface area contributed by atoms with Crippen molar-refractivity contribution in [3.8, 4) is 11.1 Å². The van der Waals surface area contributed by atoms with Crippen molar-refractivity contribution in [2.75, 3.05) is 0 Å². The van der Waals surface area contributed by atoms with Crippen LogP contribution in [0.1, 0.15) is 11.3 Å². The number of rotatable bonds is 1. The second-order valence-corrected chi connectivity index (χ2v) is 4.77. The van der Waals surface area contributed by atoms with E-state index in [1.165, 1.54) is 5.56 Å². The second-order valence-electron chi connectivity index (χ2n) is 4.38. The maximum Gasteiger partial charge on any atom is 0.164 e. The smallest absolute Gasteiger partial charge is 0.164 e. The van der Waals surface area contributed by atoms with E-state index >= 15 is 0 Å². The molecule has 3 aromatic rings. The summed E-state index contributed by atoms with van der Waals surface area (Å²) in [7, 11) is 0. The Morgan fingerprint density at radius 1 is 1.17 bits per heavy atom. The molecule has 2 aromatic heterocycles. The van der Waals surface area contributed by atoms with Gasteiger partial charge in [0.25, 0.3) is 0 Å². The van der Waals surface area contributed by atoms with Gasteiger partial charge in [0.2, 0.25) is 0 Å². The maximum atomic E-state index is 6.15. The summed E-state index contributed by atoms with van der Waals surface area (Å²) in [6.45, 7) is 4.00. The Labute approximate surface area is 110 Å². The molecule has 0 N–H and O–H groups in total. The molecule has 18 heavy (non-hydrogen) atoms. The first kappa shape index (κ1) is 11.2. The van der Waals surface area contributed by atoms with Gasteiger partial charge in [-0.05, 0) is 25.5 Å². The summed E-state index contributed by atoms with van der Waals surface area (Å²) in [5, 5.41) is 4.87. The van der Waals surface area contributed by atoms with Crippen molar-refractivity contribution < 1.29 is 0 Å². The van der Waals surface area contributed by atoms with Gasteiger partial charge in [0.1, 0.15) is 5.15 Å². The minimum absolute atomic E-state index is 0.580. The van der Waals surface area contributed by atoms with E-state index in [4.69, 9.17) is 11.6 Å². The van der Waals surface area contributed by atoms with Crippen LogP contribution in [0.4, 0.5) is 0 Å². The van der Waals surface area contributed by atoms with Gasteiger partial charge in [-0.2, -0.15) is 5.10 Å². The number of aryl methyl sites for hydroxylation is 2. The molecule has 0 bridgehead atoms. The van der Waals surface area contributed by atoms with E-state index in [0.29, 0.717) is 5.15 Å². The van der Waals surface area contributed by atoms with Crippen LogP contribution in [0.15, 0.2) is 36.5 Å². The largest absolute Gasteiger partial charge is 0.233 e. The maximum absolute atomic E-state index is 6.15. The van der Waals surface area contributed by atoms with E-state index in [2.05, 4.69) is 35.2 Å². The molecule has 0 spiro atoms. The average Bonchev–Trinajstić information content (AvgIpc) is 2.72. The molecule has 3 nitrogen and oxygen atoms in total. The molecule has 4 heteroatoms. The Balaban J connectivity index is 2.30. The normalized spacial score (nSPS) is 11.1. The molecule has 0 atom stereocenters. The molecular weight excluding hydrogens is 246 g/mol. The summed E-state index contributed by atoms with van der Waals surface area (Å²) in [5.74, 6) is 0. The van der Waals surface area contributed by atoms with Crippen molar-refractivity contribution in [1.29, 1.82) is 0 Å². The van der Waals surface area contributed by atoms with Crippen LogP contribution in [-0.4, -0.2) is 14.6 Å². The van der Waals surface area contributed by atoms with Crippen LogP contribution in [0.3, 0.4) is 0 Å². The summed E-state index contributed by atoms with van der Waals surface area (Å²) in [6.07, 6.45) is 1.81. The monoisotopic (exact) mass is 257 g/mol. The number of halogens is 1. The predicted octanol–water partition coefficient (Wildman–Crippen LogP) is 3.67. The van der Waals surface area contributed by atoms with E-state index in [0.717, 1.165) is 22.5 Å². The lowest BCUT2D eigenvalue weighted by Gasteiger charge is -2.02. The zero-order valence-corrected chi connectivity index (χ0v) is 10.9. The van der Waals surface area contributed by atoms with Gasteiger partial charge in [-0.3, -0.25) is 0 Å². The molecule has 1 aromatic carbocycles. The molecule has 0 fully saturated rings. The second kappa shape index (κ2) is 4.10. The van der Waals surface area contributed by atoms with E-state index in [9.17, 15) is 0 Å². The van der Waals surface area contributed by atoms with Crippen molar-refractivity contribution in [2.45, 2.75) is 13.8 Å². The third kappa shape index (κ3) is 1.77. The van der Waals surface area contributed by atoms with Crippen molar-refractivity contribution in [3.05, 3.63) is 52.9 Å². The molecule has 0 saturated heterocycles. The highest BCUT2D eigenvalue weighted by atomic mass is 35.5. The van der Waals surface area contributed by atoms with Gasteiger partial charge < -0.3 is 0 Å². The third-order valence-electron chi connectivity index (χ3n) is 2.89. The minimum atomic E-state index is 0.580. The number of nitrogens with zero attached hydrogens (tertiary/aromatic N) is 3. The SMILES string of the molecule is Cc1cccc(-c2cnn3c(Cl)cc(C)nc23)c1. The molecular formula is C14H12ClN3. The summed E-state index contributed by atoms with van der Waals surface area (Å²) < 4.78 is 1.66. The highest BCUT2D eigenvalue weighted by Gasteiger charge is 2.10. The van der Waals surface area contributed by atoms with Crippen LogP contribution >= 0.6 is 11.6 Å². The molecule has 0 amide bonds. The van der Waals surface area contributed by atoms with E-state index in [1.54, 1.807) is 4.52 Å². The van der Waals surface area contributed by atoms with Crippen molar-refractivity contribution in [2.24, 2.45) is 0 Å². The number of hydrogen-bond acceptors (Lipinski definition) is 2. The van der Waals surface area contributed by atoms with Crippen molar-refractivity contribution in [1.82, 2.24) is 14.6 Å². The fourth-order valence-corrected chi connectivity index (χ4v) is 2.34. The lowest BCUT2D eigenvalue weighted by molar-refractivity contribution is 0.930. The first-order valence-corrected chi connectivity index (χ1v) is 6.11. The standard InChI is InChI=1S/C14H12ClN3/c1-9-4-3-5-11(6-9)12-8-16-18-13(15)7-10(2)17-14(12)18/h3-8H,1-2H3. The lowest BCUT2D eigenvalue weighted by Crippen LogP contribution is -1.94. The number of aromatic nitrogens is 3. The van der Waals surface area contributed by atoms with Gasteiger partial charge in [0, 0.05) is 11.3 Å². The molecule has 0 unspecified atom stereocenters. The van der Waals surface area contributed by atoms with Gasteiger partial charge in [-0.15, -0.1) is 0 Å². The Hall–Kier alpha value is -1.87. The summed E-state index contributed by atoms with van der Waals surface area (Å²) >= 11 is 6.15. The van der Waals surface area contributed by atoms with Gasteiger partial charge in [-0.25, -0.2) is 9.50 Å². The molecule has 2 heterocycles. The van der Waals surface area contributed by atoms with Crippen LogP contribution in [0.25, 0.3) is 16.8 Å². The fraction of sp³-hybridized carbons (Fsp3) is 0.143. The first-order valence-electron chi connectivity index (χ1n) is 5.73. The molecule has 0 aliphatic heterocycles. The third-order valence-corrected chi connectivity index (χ3v) is 3.15. The Bertz CT molecular complexity index is 731. The molecule has 0 aliphatic carbocycles. The van der Waals surface area contributed by atoms with Gasteiger partial charge in [0.05, 0.1) is 6.20 Å². The average molecular weight is 258 g/mol. The molecule has 0 aliphatic rings. The van der Waals surface area contributed by atoms with Gasteiger partial charge >= 0.3 is 0 Å². The van der Waals surface area contributed by atoms with Gasteiger partial charge in [-0.1, -0.05) is 41.4 Å². The zero-order chi connectivity index (χ0) is 12.7. The predicted molar refractivity (Wildman–Crippen MR) is 72.9 cm³/mol. The number of hydrogen-bond donors (Lipinski definition) is 0. The van der Waals surface area contributed by atoms with Crippen LogP contribution in [0.2, 0.25) is 5.15 Å². The Morgan fingerprint density at radius 3 is 2.78 bits per heavy atom. The van der Waals surface area contributed by atoms with E-state index in [1.807, 2.05) is 25.3 Å². The fourth-order valence-electron chi connectivity index (χ4n) is 2.05. The molecule has 0 saturated carbocycles. The molecule has 90 valence electrons. The number of fused-ring (bicyclic) bond motifs is 1.